The van der Waals surface area contributed by atoms with Crippen LogP contribution < -0.4 is 0 Å². The molecule has 2 aliphatic carbocycles. The Labute approximate surface area is 147 Å². The molecule has 2 heterocycles. The van der Waals surface area contributed by atoms with Crippen LogP contribution in [0.3, 0.4) is 0 Å². The van der Waals surface area contributed by atoms with Crippen molar-refractivity contribution in [3.63, 3.8) is 0 Å². The summed E-state index contributed by atoms with van der Waals surface area (Å²) in [6.45, 7) is 7.94. The van der Waals surface area contributed by atoms with Gasteiger partial charge in [0.25, 0.3) is 0 Å². The highest BCUT2D eigenvalue weighted by molar-refractivity contribution is 5.92. The van der Waals surface area contributed by atoms with Gasteiger partial charge in [-0.25, -0.2) is 9.97 Å². The molecule has 6 nitrogen and oxygen atoms in total. The lowest BCUT2D eigenvalue weighted by atomic mass is 9.63. The second-order valence-corrected chi connectivity index (χ2v) is 8.20. The molecule has 1 aliphatic heterocycles. The van der Waals surface area contributed by atoms with E-state index in [1.165, 1.54) is 0 Å². The molecule has 3 aliphatic rings. The summed E-state index contributed by atoms with van der Waals surface area (Å²) < 4.78 is 0. The van der Waals surface area contributed by atoms with Crippen molar-refractivity contribution >= 4 is 5.91 Å². The summed E-state index contributed by atoms with van der Waals surface area (Å²) in [5.41, 5.74) is 0.0585. The van der Waals surface area contributed by atoms with Crippen molar-refractivity contribution < 1.29 is 4.79 Å². The first kappa shape index (κ1) is 16.0. The molecule has 1 aromatic heterocycles. The van der Waals surface area contributed by atoms with E-state index in [0.29, 0.717) is 5.69 Å². The monoisotopic (exact) mass is 335 g/mol. The van der Waals surface area contributed by atoms with E-state index in [1.54, 1.807) is 0 Å². The van der Waals surface area contributed by atoms with Gasteiger partial charge < -0.3 is 4.90 Å². The normalized spacial score (nSPS) is 31.5. The van der Waals surface area contributed by atoms with E-state index in [2.05, 4.69) is 30.7 Å². The van der Waals surface area contributed by atoms with Crippen molar-refractivity contribution in [2.75, 3.05) is 13.1 Å². The standard InChI is InChI=1S/C19H21N5O/c1-17(2)18(3)6-7-19(17,16(25)24-8-4-5-9-24)15-14(18)22-12(10-20)13(11-21)23-15/h4-9H2,1-3H3. The first-order chi connectivity index (χ1) is 11.8. The Hall–Kier alpha value is -2.47. The lowest BCUT2D eigenvalue weighted by Gasteiger charge is -2.41. The third kappa shape index (κ3) is 1.60. The minimum absolute atomic E-state index is 0.0294. The zero-order valence-electron chi connectivity index (χ0n) is 14.9. The van der Waals surface area contributed by atoms with Crippen LogP contribution in [0.1, 0.15) is 69.2 Å². The lowest BCUT2D eigenvalue weighted by molar-refractivity contribution is -0.140. The second-order valence-electron chi connectivity index (χ2n) is 8.20. The molecule has 2 unspecified atom stereocenters. The van der Waals surface area contributed by atoms with Gasteiger partial charge in [-0.2, -0.15) is 10.5 Å². The van der Waals surface area contributed by atoms with Crippen LogP contribution in [0.25, 0.3) is 0 Å². The number of carbonyl (C=O) groups is 1. The van der Waals surface area contributed by atoms with Crippen LogP contribution in [0.2, 0.25) is 0 Å². The van der Waals surface area contributed by atoms with Gasteiger partial charge >= 0.3 is 0 Å². The van der Waals surface area contributed by atoms with Gasteiger partial charge in [0.1, 0.15) is 12.1 Å². The molecule has 6 heteroatoms. The Bertz CT molecular complexity index is 871. The number of aromatic nitrogens is 2. The molecule has 25 heavy (non-hydrogen) atoms. The fraction of sp³-hybridized carbons (Fsp3) is 0.632. The molecule has 2 bridgehead atoms. The largest absolute Gasteiger partial charge is 0.342 e. The number of nitriles is 2. The van der Waals surface area contributed by atoms with Crippen molar-refractivity contribution in [3.05, 3.63) is 22.8 Å². The molecule has 2 atom stereocenters. The van der Waals surface area contributed by atoms with Gasteiger partial charge in [0.2, 0.25) is 5.91 Å². The molecule has 0 aromatic carbocycles. The van der Waals surface area contributed by atoms with Crippen molar-refractivity contribution in [1.29, 1.82) is 10.5 Å². The van der Waals surface area contributed by atoms with Gasteiger partial charge in [0.15, 0.2) is 11.4 Å². The van der Waals surface area contributed by atoms with E-state index in [4.69, 9.17) is 0 Å². The van der Waals surface area contributed by atoms with Crippen LogP contribution >= 0.6 is 0 Å². The van der Waals surface area contributed by atoms with E-state index in [1.807, 2.05) is 17.0 Å². The van der Waals surface area contributed by atoms with Gasteiger partial charge in [-0.1, -0.05) is 20.8 Å². The number of amides is 1. The minimum atomic E-state index is -0.742. The smallest absolute Gasteiger partial charge is 0.235 e. The highest BCUT2D eigenvalue weighted by Gasteiger charge is 2.73. The first-order valence-electron chi connectivity index (χ1n) is 8.86. The van der Waals surface area contributed by atoms with Crippen LogP contribution in [0.4, 0.5) is 0 Å². The van der Waals surface area contributed by atoms with E-state index >= 15 is 0 Å². The van der Waals surface area contributed by atoms with Gasteiger partial charge in [0, 0.05) is 18.5 Å². The number of likely N-dealkylation sites (tertiary alicyclic amines) is 1. The van der Waals surface area contributed by atoms with Crippen molar-refractivity contribution in [1.82, 2.24) is 14.9 Å². The van der Waals surface area contributed by atoms with Crippen LogP contribution in [0.5, 0.6) is 0 Å². The van der Waals surface area contributed by atoms with Crippen LogP contribution in [-0.2, 0) is 15.6 Å². The van der Waals surface area contributed by atoms with Crippen molar-refractivity contribution in [3.8, 4) is 12.1 Å². The van der Waals surface area contributed by atoms with Gasteiger partial charge in [0.05, 0.1) is 16.8 Å². The molecule has 1 aromatic rings. The fourth-order valence-corrected chi connectivity index (χ4v) is 5.30. The zero-order chi connectivity index (χ0) is 18.0. The Morgan fingerprint density at radius 3 is 2.12 bits per heavy atom. The SMILES string of the molecule is CC12CCC(C(=O)N3CCCC3)(c3nc(C#N)c(C#N)nc31)C2(C)C. The molecule has 1 saturated heterocycles. The van der Waals surface area contributed by atoms with Gasteiger partial charge in [-0.15, -0.1) is 0 Å². The molecular formula is C19H21N5O. The Morgan fingerprint density at radius 2 is 1.56 bits per heavy atom. The van der Waals surface area contributed by atoms with Crippen LogP contribution in [0.15, 0.2) is 0 Å². The van der Waals surface area contributed by atoms with E-state index in [0.717, 1.165) is 44.5 Å². The fourth-order valence-electron chi connectivity index (χ4n) is 5.30. The molecule has 4 rings (SSSR count). The van der Waals surface area contributed by atoms with Crippen molar-refractivity contribution in [2.45, 2.75) is 57.3 Å². The quantitative estimate of drug-likeness (QED) is 0.784. The topological polar surface area (TPSA) is 93.7 Å². The molecule has 0 N–H and O–H groups in total. The summed E-state index contributed by atoms with van der Waals surface area (Å²) in [7, 11) is 0. The average Bonchev–Trinajstić information content (AvgIpc) is 3.24. The highest BCUT2D eigenvalue weighted by Crippen LogP contribution is 2.70. The minimum Gasteiger partial charge on any atom is -0.342 e. The summed E-state index contributed by atoms with van der Waals surface area (Å²) in [5.74, 6) is 0.125. The summed E-state index contributed by atoms with van der Waals surface area (Å²) in [5, 5.41) is 18.7. The predicted molar refractivity (Wildman–Crippen MR) is 89.3 cm³/mol. The molecule has 1 saturated carbocycles. The van der Waals surface area contributed by atoms with Crippen molar-refractivity contribution in [2.24, 2.45) is 5.41 Å². The molecule has 0 spiro atoms. The molecule has 0 radical (unpaired) electrons. The maximum Gasteiger partial charge on any atom is 0.235 e. The summed E-state index contributed by atoms with van der Waals surface area (Å²) >= 11 is 0. The lowest BCUT2D eigenvalue weighted by Crippen LogP contribution is -2.52. The maximum atomic E-state index is 13.6. The number of fused-ring (bicyclic) bond motifs is 5. The Kier molecular flexibility index (Phi) is 3.07. The van der Waals surface area contributed by atoms with Gasteiger partial charge in [-0.3, -0.25) is 4.79 Å². The van der Waals surface area contributed by atoms with E-state index < -0.39 is 5.41 Å². The van der Waals surface area contributed by atoms with E-state index in [-0.39, 0.29) is 28.1 Å². The summed E-state index contributed by atoms with van der Waals surface area (Å²) in [6, 6.07) is 3.97. The number of hydrogen-bond donors (Lipinski definition) is 0. The summed E-state index contributed by atoms with van der Waals surface area (Å²) in [6.07, 6.45) is 3.64. The van der Waals surface area contributed by atoms with Gasteiger partial charge in [-0.05, 0) is 31.1 Å². The predicted octanol–water partition coefficient (Wildman–Crippen LogP) is 2.17. The molecule has 128 valence electrons. The zero-order valence-corrected chi connectivity index (χ0v) is 14.9. The Balaban J connectivity index is 1.99. The maximum absolute atomic E-state index is 13.6. The molecular weight excluding hydrogens is 314 g/mol. The van der Waals surface area contributed by atoms with Crippen LogP contribution in [0, 0.1) is 28.1 Å². The number of hydrogen-bond acceptors (Lipinski definition) is 5. The highest BCUT2D eigenvalue weighted by atomic mass is 16.2. The Morgan fingerprint density at radius 1 is 1.00 bits per heavy atom. The summed E-state index contributed by atoms with van der Waals surface area (Å²) in [4.78, 5) is 24.6. The first-order valence-corrected chi connectivity index (χ1v) is 8.86. The molecule has 2 fully saturated rings. The third-order valence-electron chi connectivity index (χ3n) is 7.24. The number of carbonyl (C=O) groups excluding carboxylic acids is 1. The second kappa shape index (κ2) is 4.79. The molecule has 1 amide bonds. The third-order valence-corrected chi connectivity index (χ3v) is 7.24. The number of rotatable bonds is 1. The van der Waals surface area contributed by atoms with Crippen LogP contribution in [-0.4, -0.2) is 33.9 Å². The van der Waals surface area contributed by atoms with E-state index in [9.17, 15) is 15.3 Å². The number of nitrogens with zero attached hydrogens (tertiary/aromatic N) is 5. The average molecular weight is 335 g/mol.